The van der Waals surface area contributed by atoms with Crippen molar-refractivity contribution in [3.8, 4) is 5.75 Å². The van der Waals surface area contributed by atoms with Crippen molar-refractivity contribution in [1.82, 2.24) is 0 Å². The van der Waals surface area contributed by atoms with E-state index < -0.39 is 0 Å². The predicted molar refractivity (Wildman–Crippen MR) is 71.9 cm³/mol. The summed E-state index contributed by atoms with van der Waals surface area (Å²) in [6, 6.07) is 17.2. The molecule has 1 N–H and O–H groups in total. The third kappa shape index (κ3) is 2.60. The summed E-state index contributed by atoms with van der Waals surface area (Å²) in [6.07, 6.45) is 1.36. The van der Waals surface area contributed by atoms with Crippen LogP contribution in [0.3, 0.4) is 0 Å². The largest absolute Gasteiger partial charge is 0.497 e. The van der Waals surface area contributed by atoms with Gasteiger partial charge in [-0.3, -0.25) is 4.90 Å². The molecule has 0 atom stereocenters. The van der Waals surface area contributed by atoms with Crippen molar-refractivity contribution in [2.45, 2.75) is 0 Å². The minimum Gasteiger partial charge on any atom is -0.497 e. The summed E-state index contributed by atoms with van der Waals surface area (Å²) in [5.41, 5.74) is 1.81. The molecule has 92 valence electrons. The maximum atomic E-state index is 8.76. The third-order valence-electron chi connectivity index (χ3n) is 2.55. The molecule has 0 saturated heterocycles. The lowest BCUT2D eigenvalue weighted by atomic mass is 10.2. The van der Waals surface area contributed by atoms with Gasteiger partial charge in [0.05, 0.1) is 7.11 Å². The van der Waals surface area contributed by atoms with Gasteiger partial charge in [0.1, 0.15) is 12.1 Å². The van der Waals surface area contributed by atoms with Crippen molar-refractivity contribution in [3.05, 3.63) is 54.6 Å². The number of oxime groups is 1. The first kappa shape index (κ1) is 12.0. The van der Waals surface area contributed by atoms with Crippen LogP contribution < -0.4 is 9.64 Å². The molecular weight excluding hydrogens is 228 g/mol. The average molecular weight is 242 g/mol. The zero-order valence-corrected chi connectivity index (χ0v) is 10.0. The SMILES string of the molecule is COc1ccc(N(/C=N/O)c2ccccc2)cc1. The summed E-state index contributed by atoms with van der Waals surface area (Å²) in [4.78, 5) is 1.78. The van der Waals surface area contributed by atoms with E-state index in [2.05, 4.69) is 5.16 Å². The van der Waals surface area contributed by atoms with E-state index in [9.17, 15) is 0 Å². The van der Waals surface area contributed by atoms with Crippen LogP contribution in [0.1, 0.15) is 0 Å². The van der Waals surface area contributed by atoms with Gasteiger partial charge in [-0.05, 0) is 36.4 Å². The van der Waals surface area contributed by atoms with E-state index in [0.29, 0.717) is 0 Å². The van der Waals surface area contributed by atoms with Gasteiger partial charge >= 0.3 is 0 Å². The van der Waals surface area contributed by atoms with Gasteiger partial charge in [0.2, 0.25) is 0 Å². The Balaban J connectivity index is 2.35. The number of nitrogens with zero attached hydrogens (tertiary/aromatic N) is 2. The first-order valence-electron chi connectivity index (χ1n) is 5.51. The molecular formula is C14H14N2O2. The Morgan fingerprint density at radius 3 is 2.17 bits per heavy atom. The number of rotatable bonds is 4. The Labute approximate surface area is 106 Å². The maximum Gasteiger partial charge on any atom is 0.139 e. The minimum absolute atomic E-state index is 0.785. The van der Waals surface area contributed by atoms with E-state index in [1.807, 2.05) is 54.6 Å². The van der Waals surface area contributed by atoms with Gasteiger partial charge in [0, 0.05) is 11.4 Å². The van der Waals surface area contributed by atoms with Gasteiger partial charge in [-0.1, -0.05) is 23.4 Å². The Hall–Kier alpha value is -2.49. The van der Waals surface area contributed by atoms with Gasteiger partial charge in [-0.2, -0.15) is 0 Å². The molecule has 0 aliphatic heterocycles. The zero-order valence-electron chi connectivity index (χ0n) is 10.0. The van der Waals surface area contributed by atoms with E-state index in [4.69, 9.17) is 9.94 Å². The summed E-state index contributed by atoms with van der Waals surface area (Å²) in [5, 5.41) is 11.9. The number of anilines is 2. The van der Waals surface area contributed by atoms with Gasteiger partial charge in [-0.25, -0.2) is 0 Å². The van der Waals surface area contributed by atoms with Crippen LogP contribution in [-0.4, -0.2) is 18.7 Å². The Morgan fingerprint density at radius 1 is 1.00 bits per heavy atom. The van der Waals surface area contributed by atoms with Crippen LogP contribution in [0.2, 0.25) is 0 Å². The molecule has 0 saturated carbocycles. The van der Waals surface area contributed by atoms with E-state index in [1.165, 1.54) is 6.34 Å². The fraction of sp³-hybridized carbons (Fsp3) is 0.0714. The lowest BCUT2D eigenvalue weighted by molar-refractivity contribution is 0.321. The van der Waals surface area contributed by atoms with Crippen molar-refractivity contribution in [2.24, 2.45) is 5.16 Å². The van der Waals surface area contributed by atoms with Gasteiger partial charge in [-0.15, -0.1) is 0 Å². The van der Waals surface area contributed by atoms with Crippen molar-refractivity contribution in [1.29, 1.82) is 0 Å². The number of hydrogen-bond donors (Lipinski definition) is 1. The topological polar surface area (TPSA) is 45.1 Å². The molecule has 0 heterocycles. The van der Waals surface area contributed by atoms with Crippen molar-refractivity contribution in [3.63, 3.8) is 0 Å². The average Bonchev–Trinajstić information content (AvgIpc) is 2.46. The number of hydrogen-bond acceptors (Lipinski definition) is 3. The highest BCUT2D eigenvalue weighted by atomic mass is 16.5. The van der Waals surface area contributed by atoms with Crippen molar-refractivity contribution in [2.75, 3.05) is 12.0 Å². The summed E-state index contributed by atoms with van der Waals surface area (Å²) < 4.78 is 5.11. The van der Waals surface area contributed by atoms with E-state index in [-0.39, 0.29) is 0 Å². The molecule has 0 fully saturated rings. The number of methoxy groups -OCH3 is 1. The second-order valence-corrected chi connectivity index (χ2v) is 3.63. The van der Waals surface area contributed by atoms with E-state index >= 15 is 0 Å². The van der Waals surface area contributed by atoms with Crippen LogP contribution in [-0.2, 0) is 0 Å². The fourth-order valence-electron chi connectivity index (χ4n) is 1.67. The summed E-state index contributed by atoms with van der Waals surface area (Å²) >= 11 is 0. The molecule has 0 radical (unpaired) electrons. The molecule has 0 amide bonds. The van der Waals surface area contributed by atoms with Crippen LogP contribution in [0.25, 0.3) is 0 Å². The highest BCUT2D eigenvalue weighted by Gasteiger charge is 2.06. The molecule has 2 aromatic rings. The molecule has 2 rings (SSSR count). The van der Waals surface area contributed by atoms with Gasteiger partial charge in [0.25, 0.3) is 0 Å². The lowest BCUT2D eigenvalue weighted by Crippen LogP contribution is -2.14. The van der Waals surface area contributed by atoms with Crippen LogP contribution in [0.5, 0.6) is 5.75 Å². The number of para-hydroxylation sites is 1. The number of ether oxygens (including phenoxy) is 1. The van der Waals surface area contributed by atoms with Crippen LogP contribution in [0, 0.1) is 0 Å². The summed E-state index contributed by atoms with van der Waals surface area (Å²) in [5.74, 6) is 0.785. The van der Waals surface area contributed by atoms with Crippen LogP contribution >= 0.6 is 0 Å². The Morgan fingerprint density at radius 2 is 1.61 bits per heavy atom. The molecule has 0 spiro atoms. The number of benzene rings is 2. The highest BCUT2D eigenvalue weighted by Crippen LogP contribution is 2.25. The zero-order chi connectivity index (χ0) is 12.8. The lowest BCUT2D eigenvalue weighted by Gasteiger charge is -2.19. The quantitative estimate of drug-likeness (QED) is 0.387. The second-order valence-electron chi connectivity index (χ2n) is 3.63. The smallest absolute Gasteiger partial charge is 0.139 e. The molecule has 0 aliphatic carbocycles. The monoisotopic (exact) mass is 242 g/mol. The fourth-order valence-corrected chi connectivity index (χ4v) is 1.67. The second kappa shape index (κ2) is 5.72. The molecule has 2 aromatic carbocycles. The Bertz CT molecular complexity index is 509. The van der Waals surface area contributed by atoms with Crippen molar-refractivity contribution < 1.29 is 9.94 Å². The summed E-state index contributed by atoms with van der Waals surface area (Å²) in [6.45, 7) is 0. The van der Waals surface area contributed by atoms with Crippen LogP contribution in [0.15, 0.2) is 59.8 Å². The van der Waals surface area contributed by atoms with Gasteiger partial charge < -0.3 is 9.94 Å². The summed E-state index contributed by atoms with van der Waals surface area (Å²) in [7, 11) is 1.62. The standard InChI is InChI=1S/C14H14N2O2/c1-18-14-9-7-13(8-10-14)16(11-15-17)12-5-3-2-4-6-12/h2-11,17H,1H3/b15-11+. The first-order valence-corrected chi connectivity index (χ1v) is 5.51. The normalized spacial score (nSPS) is 10.5. The Kier molecular flexibility index (Phi) is 3.81. The van der Waals surface area contributed by atoms with Crippen LogP contribution in [0.4, 0.5) is 11.4 Å². The predicted octanol–water partition coefficient (Wildman–Crippen LogP) is 3.25. The highest BCUT2D eigenvalue weighted by molar-refractivity contribution is 5.88. The van der Waals surface area contributed by atoms with Crippen molar-refractivity contribution >= 4 is 17.7 Å². The van der Waals surface area contributed by atoms with E-state index in [1.54, 1.807) is 12.0 Å². The molecule has 18 heavy (non-hydrogen) atoms. The molecule has 0 aliphatic rings. The maximum absolute atomic E-state index is 8.76. The molecule has 0 bridgehead atoms. The molecule has 0 unspecified atom stereocenters. The third-order valence-corrected chi connectivity index (χ3v) is 2.55. The minimum atomic E-state index is 0.785. The first-order chi connectivity index (χ1) is 8.85. The molecule has 4 heteroatoms. The van der Waals surface area contributed by atoms with E-state index in [0.717, 1.165) is 17.1 Å². The van der Waals surface area contributed by atoms with Gasteiger partial charge in [0.15, 0.2) is 0 Å². The molecule has 4 nitrogen and oxygen atoms in total. The molecule has 0 aromatic heterocycles.